The van der Waals surface area contributed by atoms with E-state index in [4.69, 9.17) is 14.2 Å². The van der Waals surface area contributed by atoms with Crippen molar-refractivity contribution in [2.75, 3.05) is 13.7 Å². The number of rotatable bonds is 8. The van der Waals surface area contributed by atoms with Crippen LogP contribution in [0.5, 0.6) is 0 Å². The van der Waals surface area contributed by atoms with Gasteiger partial charge in [-0.2, -0.15) is 0 Å². The molecule has 3 aliphatic rings. The predicted octanol–water partition coefficient (Wildman–Crippen LogP) is 4.23. The van der Waals surface area contributed by atoms with E-state index >= 15 is 0 Å². The number of nitro groups is 1. The fourth-order valence-corrected chi connectivity index (χ4v) is 5.23. The molecule has 1 N–H and O–H groups in total. The van der Waals surface area contributed by atoms with Crippen molar-refractivity contribution in [1.29, 1.82) is 0 Å². The van der Waals surface area contributed by atoms with E-state index in [1.165, 1.54) is 17.7 Å². The molecule has 4 rings (SSSR count). The van der Waals surface area contributed by atoms with Gasteiger partial charge in [0.2, 0.25) is 0 Å². The Hall–Kier alpha value is -2.22. The zero-order valence-electron chi connectivity index (χ0n) is 18.7. The van der Waals surface area contributed by atoms with Crippen molar-refractivity contribution in [3.8, 4) is 0 Å². The minimum atomic E-state index is -0.399. The van der Waals surface area contributed by atoms with Crippen molar-refractivity contribution in [3.05, 3.63) is 58.2 Å². The number of non-ortho nitro benzene ring substituents is 1. The highest BCUT2D eigenvalue weighted by atomic mass is 16.6. The minimum Gasteiger partial charge on any atom is -0.380 e. The van der Waals surface area contributed by atoms with Crippen LogP contribution in [0.4, 0.5) is 5.69 Å². The van der Waals surface area contributed by atoms with Crippen LogP contribution in [0.15, 0.2) is 42.5 Å². The highest BCUT2D eigenvalue weighted by molar-refractivity contribution is 5.63. The number of methoxy groups -OCH3 is 1. The van der Waals surface area contributed by atoms with Gasteiger partial charge in [0.25, 0.3) is 5.69 Å². The fourth-order valence-electron chi connectivity index (χ4n) is 5.23. The van der Waals surface area contributed by atoms with Crippen molar-refractivity contribution in [3.63, 3.8) is 0 Å². The molecule has 7 nitrogen and oxygen atoms in total. The molecule has 1 aliphatic carbocycles. The van der Waals surface area contributed by atoms with Gasteiger partial charge >= 0.3 is 0 Å². The van der Waals surface area contributed by atoms with Crippen LogP contribution in [0, 0.1) is 16.0 Å². The summed E-state index contributed by atoms with van der Waals surface area (Å²) < 4.78 is 18.3. The van der Waals surface area contributed by atoms with Gasteiger partial charge in [-0.3, -0.25) is 10.1 Å². The number of hydrogen-bond acceptors (Lipinski definition) is 6. The molecule has 7 heteroatoms. The van der Waals surface area contributed by atoms with Gasteiger partial charge in [0.1, 0.15) is 5.60 Å². The number of nitrogens with zero attached hydrogens (tertiary/aromatic N) is 1. The second kappa shape index (κ2) is 8.04. The van der Waals surface area contributed by atoms with Gasteiger partial charge in [-0.25, -0.2) is 0 Å². The summed E-state index contributed by atoms with van der Waals surface area (Å²) >= 11 is 0. The van der Waals surface area contributed by atoms with Crippen LogP contribution in [0.1, 0.15) is 45.6 Å². The molecule has 3 fully saturated rings. The third-order valence-electron chi connectivity index (χ3n) is 7.08. The molecule has 6 atom stereocenters. The lowest BCUT2D eigenvalue weighted by Gasteiger charge is -2.44. The first-order chi connectivity index (χ1) is 14.7. The number of ether oxygens (including phenoxy) is 3. The maximum Gasteiger partial charge on any atom is 0.269 e. The van der Waals surface area contributed by atoms with E-state index in [-0.39, 0.29) is 41.1 Å². The van der Waals surface area contributed by atoms with Crippen LogP contribution in [0.25, 0.3) is 5.70 Å². The summed E-state index contributed by atoms with van der Waals surface area (Å²) in [6.45, 7) is 11.3. The van der Waals surface area contributed by atoms with Gasteiger partial charge in [-0.15, -0.1) is 0 Å². The Balaban J connectivity index is 1.50. The van der Waals surface area contributed by atoms with Crippen molar-refractivity contribution >= 4 is 11.4 Å². The quantitative estimate of drug-likeness (QED) is 0.288. The Morgan fingerprint density at radius 2 is 2.06 bits per heavy atom. The number of benzene rings is 1. The fraction of sp³-hybridized carbons (Fsp3) is 0.583. The van der Waals surface area contributed by atoms with E-state index in [0.29, 0.717) is 0 Å². The van der Waals surface area contributed by atoms with E-state index in [1.54, 1.807) is 19.2 Å². The monoisotopic (exact) mass is 428 g/mol. The van der Waals surface area contributed by atoms with Crippen LogP contribution in [-0.2, 0) is 14.2 Å². The van der Waals surface area contributed by atoms with Crippen LogP contribution < -0.4 is 5.32 Å². The number of nitro benzene ring substituents is 1. The summed E-state index contributed by atoms with van der Waals surface area (Å²) in [6.07, 6.45) is 5.05. The first-order valence-electron chi connectivity index (χ1n) is 10.9. The molecule has 0 unspecified atom stereocenters. The molecule has 0 amide bonds. The van der Waals surface area contributed by atoms with Crippen LogP contribution in [0.2, 0.25) is 0 Å². The smallest absolute Gasteiger partial charge is 0.269 e. The first kappa shape index (κ1) is 22.0. The maximum atomic E-state index is 10.9. The molecule has 1 aromatic carbocycles. The van der Waals surface area contributed by atoms with Crippen LogP contribution >= 0.6 is 0 Å². The molecule has 2 saturated heterocycles. The molecule has 0 radical (unpaired) electrons. The Bertz CT molecular complexity index is 888. The van der Waals surface area contributed by atoms with Gasteiger partial charge < -0.3 is 19.5 Å². The first-order valence-corrected chi connectivity index (χ1v) is 10.9. The summed E-state index contributed by atoms with van der Waals surface area (Å²) in [6, 6.07) is 6.50. The van der Waals surface area contributed by atoms with E-state index in [0.717, 1.165) is 37.1 Å². The Morgan fingerprint density at radius 3 is 2.61 bits per heavy atom. The molecule has 1 spiro atoms. The molecule has 2 aliphatic heterocycles. The second-order valence-corrected chi connectivity index (χ2v) is 9.41. The molecule has 168 valence electrons. The zero-order chi connectivity index (χ0) is 22.4. The third kappa shape index (κ3) is 4.14. The number of allylic oxidation sites excluding steroid dienone is 1. The second-order valence-electron chi connectivity index (χ2n) is 9.41. The number of nitrogens with one attached hydrogen (secondary N) is 1. The van der Waals surface area contributed by atoms with Gasteiger partial charge in [-0.05, 0) is 57.7 Å². The van der Waals surface area contributed by atoms with Crippen molar-refractivity contribution in [2.24, 2.45) is 5.92 Å². The lowest BCUT2D eigenvalue weighted by Crippen LogP contribution is -2.58. The largest absolute Gasteiger partial charge is 0.380 e. The molecule has 31 heavy (non-hydrogen) atoms. The van der Waals surface area contributed by atoms with Gasteiger partial charge in [0.15, 0.2) is 0 Å². The van der Waals surface area contributed by atoms with Crippen LogP contribution in [-0.4, -0.2) is 48.1 Å². The van der Waals surface area contributed by atoms with Crippen molar-refractivity contribution in [1.82, 2.24) is 5.32 Å². The molecule has 0 bridgehead atoms. The Morgan fingerprint density at radius 1 is 1.39 bits per heavy atom. The zero-order valence-corrected chi connectivity index (χ0v) is 18.7. The van der Waals surface area contributed by atoms with Gasteiger partial charge in [0.05, 0.1) is 35.4 Å². The van der Waals surface area contributed by atoms with E-state index in [2.05, 4.69) is 38.7 Å². The molecular formula is C24H32N2O5. The number of epoxide rings is 2. The van der Waals surface area contributed by atoms with E-state index in [1.807, 2.05) is 0 Å². The Kier molecular flexibility index (Phi) is 5.70. The average Bonchev–Trinajstić information content (AvgIpc) is 3.65. The summed E-state index contributed by atoms with van der Waals surface area (Å²) in [4.78, 5) is 10.5. The lowest BCUT2D eigenvalue weighted by atomic mass is 9.67. The van der Waals surface area contributed by atoms with Gasteiger partial charge in [0, 0.05) is 30.9 Å². The molecular weight excluding hydrogens is 396 g/mol. The maximum absolute atomic E-state index is 10.9. The minimum absolute atomic E-state index is 0.0534. The van der Waals surface area contributed by atoms with Gasteiger partial charge in [-0.1, -0.05) is 18.2 Å². The summed E-state index contributed by atoms with van der Waals surface area (Å²) in [5, 5.41) is 14.5. The van der Waals surface area contributed by atoms with E-state index in [9.17, 15) is 10.1 Å². The summed E-state index contributed by atoms with van der Waals surface area (Å²) in [5.74, 6) is 0.122. The average molecular weight is 429 g/mol. The molecule has 1 saturated carbocycles. The molecule has 1 aromatic rings. The molecule has 0 aromatic heterocycles. The van der Waals surface area contributed by atoms with Crippen molar-refractivity contribution < 1.29 is 19.1 Å². The lowest BCUT2D eigenvalue weighted by molar-refractivity contribution is -0.384. The SMILES string of the molecule is C=C(N[C@@H]1CC[C@]2(CO2)[C@@H]([C@@]2(C)O[C@@H]2CC=C(C)C)[C@@H]1OC)c1ccc([N+](=O)[O-])cc1. The van der Waals surface area contributed by atoms with Crippen LogP contribution in [0.3, 0.4) is 0 Å². The summed E-state index contributed by atoms with van der Waals surface area (Å²) in [5.41, 5.74) is 2.48. The summed E-state index contributed by atoms with van der Waals surface area (Å²) in [7, 11) is 1.75. The normalized spacial score (nSPS) is 36.0. The van der Waals surface area contributed by atoms with Crippen molar-refractivity contribution in [2.45, 2.75) is 69.5 Å². The third-order valence-corrected chi connectivity index (χ3v) is 7.08. The number of hydrogen-bond donors (Lipinski definition) is 1. The highest BCUT2D eigenvalue weighted by Crippen LogP contribution is 2.59. The standard InChI is InChI=1S/C24H32N2O5/c1-15(2)6-11-20-23(4,31-20)22-21(29-5)19(12-13-24(22)14-30-24)25-16(3)17-7-9-18(10-8-17)26(27)28/h6-10,19-22,25H,3,11-14H2,1-2,4-5H3/t19-,20-,21-,22-,23+,24+/m1/s1. The molecule has 2 heterocycles. The highest BCUT2D eigenvalue weighted by Gasteiger charge is 2.71. The van der Waals surface area contributed by atoms with E-state index < -0.39 is 4.92 Å². The predicted molar refractivity (Wildman–Crippen MR) is 119 cm³/mol. The Labute approximate surface area is 183 Å². The topological polar surface area (TPSA) is 89.5 Å².